The van der Waals surface area contributed by atoms with Gasteiger partial charge in [0.25, 0.3) is 0 Å². The maximum Gasteiger partial charge on any atom is 0.338 e. The number of hydrogen-bond acceptors (Lipinski definition) is 13. The molecule has 4 aromatic rings. The molecule has 0 bridgehead atoms. The van der Waals surface area contributed by atoms with Gasteiger partial charge in [-0.05, 0) is 85.0 Å². The zero-order chi connectivity index (χ0) is 40.1. The van der Waals surface area contributed by atoms with Crippen LogP contribution in [0.2, 0.25) is 0 Å². The highest BCUT2D eigenvalue weighted by atomic mass is 16.6. The van der Waals surface area contributed by atoms with Gasteiger partial charge in [-0.1, -0.05) is 0 Å². The highest BCUT2D eigenvalue weighted by Crippen LogP contribution is 2.50. The lowest BCUT2D eigenvalue weighted by Crippen LogP contribution is -2.52. The van der Waals surface area contributed by atoms with E-state index in [4.69, 9.17) is 43.0 Å². The molecule has 3 unspecified atom stereocenters. The van der Waals surface area contributed by atoms with Crippen LogP contribution >= 0.6 is 0 Å². The fourth-order valence-electron chi connectivity index (χ4n) is 8.66. The molecule has 56 heavy (non-hydrogen) atoms. The van der Waals surface area contributed by atoms with Crippen molar-refractivity contribution >= 4 is 28.8 Å². The van der Waals surface area contributed by atoms with Crippen LogP contribution in [0.5, 0.6) is 34.5 Å². The van der Waals surface area contributed by atoms with Gasteiger partial charge in [0.05, 0.1) is 66.6 Å². The number of piperidine rings is 1. The van der Waals surface area contributed by atoms with E-state index in [0.717, 1.165) is 44.3 Å². The number of carbonyl (C=O) groups excluding carboxylic acids is 3. The topological polar surface area (TPSA) is 164 Å². The summed E-state index contributed by atoms with van der Waals surface area (Å²) in [7, 11) is 9.94. The van der Waals surface area contributed by atoms with Gasteiger partial charge in [-0.3, -0.25) is 14.5 Å². The summed E-state index contributed by atoms with van der Waals surface area (Å²) in [6.45, 7) is 1.68. The molecule has 2 N–H and O–H groups in total. The summed E-state index contributed by atoms with van der Waals surface area (Å²) < 4.78 is 44.4. The van der Waals surface area contributed by atoms with Gasteiger partial charge < -0.3 is 48.0 Å². The van der Waals surface area contributed by atoms with Crippen LogP contribution in [0, 0.1) is 17.8 Å². The number of H-pyrrole nitrogens is 1. The van der Waals surface area contributed by atoms with Gasteiger partial charge in [0.15, 0.2) is 11.5 Å². The smallest absolute Gasteiger partial charge is 0.338 e. The van der Waals surface area contributed by atoms with Crippen molar-refractivity contribution in [1.29, 1.82) is 0 Å². The minimum Gasteiger partial charge on any atom is -0.497 e. The SMILES string of the molecule is CO.COC(=O)C1CC(OC(=O)c2cc(OC)c(OC(=O)Cc3cc(OC)cc(OC)c3)c(OC)c2)C[C@@H]2CN3CCc4c([nH]c5cc(OC)ccc45)C3C[C@H]12. The molecule has 14 nitrogen and oxygen atoms in total. The number of nitrogens with zero attached hydrogens (tertiary/aromatic N) is 1. The van der Waals surface area contributed by atoms with Crippen LogP contribution in [0.3, 0.4) is 0 Å². The van der Waals surface area contributed by atoms with Gasteiger partial charge in [-0.25, -0.2) is 4.79 Å². The molecular formula is C42H50N2O12. The Bertz CT molecular complexity index is 2010. The van der Waals surface area contributed by atoms with E-state index in [2.05, 4.69) is 16.0 Å². The van der Waals surface area contributed by atoms with E-state index >= 15 is 0 Å². The molecule has 0 spiro atoms. The Labute approximate surface area is 325 Å². The zero-order valence-corrected chi connectivity index (χ0v) is 32.8. The number of fused-ring (bicyclic) bond motifs is 6. The number of ether oxygens (including phenoxy) is 8. The van der Waals surface area contributed by atoms with E-state index in [9.17, 15) is 14.4 Å². The number of benzene rings is 3. The van der Waals surface area contributed by atoms with Crippen molar-refractivity contribution in [2.45, 2.75) is 44.2 Å². The zero-order valence-electron chi connectivity index (χ0n) is 32.8. The molecule has 3 aromatic carbocycles. The first-order chi connectivity index (χ1) is 27.2. The molecule has 300 valence electrons. The normalized spacial score (nSPS) is 21.2. The molecule has 0 radical (unpaired) electrons. The molecule has 0 amide bonds. The Kier molecular flexibility index (Phi) is 12.6. The van der Waals surface area contributed by atoms with Crippen molar-refractivity contribution in [3.63, 3.8) is 0 Å². The average Bonchev–Trinajstić information content (AvgIpc) is 3.61. The molecule has 1 saturated heterocycles. The Balaban J connectivity index is 0.00000262. The maximum atomic E-state index is 13.7. The number of aliphatic hydroxyl groups is 1. The number of aliphatic hydroxyl groups excluding tert-OH is 1. The third-order valence-electron chi connectivity index (χ3n) is 11.2. The Morgan fingerprint density at radius 3 is 2.11 bits per heavy atom. The largest absolute Gasteiger partial charge is 0.497 e. The van der Waals surface area contributed by atoms with Crippen LogP contribution in [-0.2, 0) is 31.9 Å². The molecule has 2 fully saturated rings. The minimum atomic E-state index is -0.607. The quantitative estimate of drug-likeness (QED) is 0.149. The molecule has 1 aliphatic carbocycles. The van der Waals surface area contributed by atoms with Gasteiger partial charge in [-0.15, -0.1) is 0 Å². The lowest BCUT2D eigenvalue weighted by atomic mass is 9.65. The van der Waals surface area contributed by atoms with Crippen molar-refractivity contribution < 1.29 is 57.4 Å². The van der Waals surface area contributed by atoms with E-state index < -0.39 is 24.0 Å². The van der Waals surface area contributed by atoms with Crippen LogP contribution < -0.4 is 28.4 Å². The van der Waals surface area contributed by atoms with E-state index in [1.807, 2.05) is 12.1 Å². The van der Waals surface area contributed by atoms with E-state index in [1.54, 1.807) is 25.3 Å². The summed E-state index contributed by atoms with van der Waals surface area (Å²) in [6, 6.07) is 14.3. The molecule has 3 aliphatic rings. The van der Waals surface area contributed by atoms with Crippen LogP contribution in [0.25, 0.3) is 10.9 Å². The lowest BCUT2D eigenvalue weighted by molar-refractivity contribution is -0.155. The van der Waals surface area contributed by atoms with Crippen molar-refractivity contribution in [2.24, 2.45) is 17.8 Å². The minimum absolute atomic E-state index is 0.0261. The molecule has 5 atom stereocenters. The molecule has 1 saturated carbocycles. The highest BCUT2D eigenvalue weighted by Gasteiger charge is 2.49. The third kappa shape index (κ3) is 8.07. The summed E-state index contributed by atoms with van der Waals surface area (Å²) >= 11 is 0. The molecule has 3 heterocycles. The number of aromatic amines is 1. The van der Waals surface area contributed by atoms with Crippen LogP contribution in [0.15, 0.2) is 48.5 Å². The van der Waals surface area contributed by atoms with Crippen molar-refractivity contribution in [3.05, 3.63) is 70.9 Å². The Morgan fingerprint density at radius 2 is 1.48 bits per heavy atom. The first-order valence-electron chi connectivity index (χ1n) is 18.5. The number of esters is 3. The molecule has 2 aliphatic heterocycles. The van der Waals surface area contributed by atoms with Crippen LogP contribution in [0.4, 0.5) is 0 Å². The molecule has 1 aromatic heterocycles. The first-order valence-corrected chi connectivity index (χ1v) is 18.5. The van der Waals surface area contributed by atoms with Crippen molar-refractivity contribution in [3.8, 4) is 34.5 Å². The highest BCUT2D eigenvalue weighted by molar-refractivity contribution is 5.92. The summed E-state index contributed by atoms with van der Waals surface area (Å²) in [5.74, 6) is 0.398. The number of nitrogens with one attached hydrogen (secondary N) is 1. The van der Waals surface area contributed by atoms with Gasteiger partial charge in [0.1, 0.15) is 23.4 Å². The van der Waals surface area contributed by atoms with E-state index in [-0.39, 0.29) is 53.1 Å². The van der Waals surface area contributed by atoms with Gasteiger partial charge >= 0.3 is 17.9 Å². The fraction of sp³-hybridized carbons (Fsp3) is 0.452. The third-order valence-corrected chi connectivity index (χ3v) is 11.2. The Morgan fingerprint density at radius 1 is 0.804 bits per heavy atom. The predicted octanol–water partition coefficient (Wildman–Crippen LogP) is 5.31. The first kappa shape index (κ1) is 40.2. The van der Waals surface area contributed by atoms with Crippen molar-refractivity contribution in [1.82, 2.24) is 9.88 Å². The number of methoxy groups -OCH3 is 6. The van der Waals surface area contributed by atoms with Gasteiger partial charge in [-0.2, -0.15) is 0 Å². The number of hydrogen-bond donors (Lipinski definition) is 2. The second-order valence-electron chi connectivity index (χ2n) is 14.1. The predicted molar refractivity (Wildman–Crippen MR) is 205 cm³/mol. The molecule has 14 heteroatoms. The second-order valence-corrected chi connectivity index (χ2v) is 14.1. The van der Waals surface area contributed by atoms with Crippen molar-refractivity contribution in [2.75, 3.05) is 62.9 Å². The summed E-state index contributed by atoms with van der Waals surface area (Å²) in [4.78, 5) is 46.3. The van der Waals surface area contributed by atoms with Crippen LogP contribution in [-0.4, -0.2) is 102 Å². The average molecular weight is 775 g/mol. The van der Waals surface area contributed by atoms with Gasteiger partial charge in [0, 0.05) is 48.9 Å². The second kappa shape index (κ2) is 17.5. The number of carbonyl (C=O) groups is 3. The maximum absolute atomic E-state index is 13.7. The number of aromatic nitrogens is 1. The standard InChI is InChI=1S/C41H46N2O11.CH4O/c1-47-25-7-8-29-30-9-10-43-21-24-14-28(18-32(41(46)52-6)31(24)20-34(43)38(30)42-33(29)19-25)53-40(45)23-15-35(50-4)39(36(16-23)51-5)54-37(44)13-22-11-26(48-2)17-27(12-22)49-3;1-2/h7-8,11-12,15-17,19,24,28,31-32,34,42H,9-10,13-14,18,20-21H2,1-6H3;2H,1H3/t24-,28?,31+,32?,34?;/m1./s1. The summed E-state index contributed by atoms with van der Waals surface area (Å²) in [5.41, 5.74) is 4.36. The monoisotopic (exact) mass is 774 g/mol. The summed E-state index contributed by atoms with van der Waals surface area (Å²) in [5, 5.41) is 8.21. The van der Waals surface area contributed by atoms with E-state index in [1.165, 1.54) is 64.3 Å². The lowest BCUT2D eigenvalue weighted by Gasteiger charge is -2.51. The number of rotatable bonds is 11. The Hall–Kier alpha value is -5.47. The molecular weight excluding hydrogens is 724 g/mol. The molecule has 7 rings (SSSR count). The van der Waals surface area contributed by atoms with Crippen LogP contribution in [0.1, 0.15) is 52.5 Å². The fourth-order valence-corrected chi connectivity index (χ4v) is 8.66. The van der Waals surface area contributed by atoms with Gasteiger partial charge in [0.2, 0.25) is 5.75 Å². The van der Waals surface area contributed by atoms with E-state index in [0.29, 0.717) is 29.9 Å². The summed E-state index contributed by atoms with van der Waals surface area (Å²) in [6.07, 6.45) is 2.06.